The van der Waals surface area contributed by atoms with Gasteiger partial charge in [0.2, 0.25) is 0 Å². The SMILES string of the molecule is C=CC[S+]1CCOCC1. The van der Waals surface area contributed by atoms with Gasteiger partial charge in [0, 0.05) is 0 Å². The van der Waals surface area contributed by atoms with Crippen molar-refractivity contribution < 1.29 is 4.74 Å². The first-order valence-electron chi connectivity index (χ1n) is 3.26. The molecule has 0 bridgehead atoms. The highest BCUT2D eigenvalue weighted by molar-refractivity contribution is 7.97. The molecule has 9 heavy (non-hydrogen) atoms. The normalized spacial score (nSPS) is 21.8. The van der Waals surface area contributed by atoms with Crippen LogP contribution in [0.2, 0.25) is 0 Å². The van der Waals surface area contributed by atoms with E-state index in [0.717, 1.165) is 13.2 Å². The van der Waals surface area contributed by atoms with Crippen molar-refractivity contribution in [3.05, 3.63) is 12.7 Å². The number of rotatable bonds is 2. The fourth-order valence-electron chi connectivity index (χ4n) is 0.891. The van der Waals surface area contributed by atoms with Gasteiger partial charge in [0.1, 0.15) is 17.3 Å². The third-order valence-corrected chi connectivity index (χ3v) is 3.58. The molecule has 0 aromatic carbocycles. The van der Waals surface area contributed by atoms with Crippen LogP contribution in [0.1, 0.15) is 0 Å². The van der Waals surface area contributed by atoms with E-state index in [9.17, 15) is 0 Å². The summed E-state index contributed by atoms with van der Waals surface area (Å²) in [7, 11) is 0.612. The molecule has 1 saturated heterocycles. The van der Waals surface area contributed by atoms with Crippen molar-refractivity contribution in [2.45, 2.75) is 0 Å². The summed E-state index contributed by atoms with van der Waals surface area (Å²) in [6.45, 7) is 5.66. The number of ether oxygens (including phenoxy) is 1. The van der Waals surface area contributed by atoms with Crippen LogP contribution in [0.15, 0.2) is 12.7 Å². The van der Waals surface area contributed by atoms with Crippen LogP contribution in [0.25, 0.3) is 0 Å². The van der Waals surface area contributed by atoms with Gasteiger partial charge >= 0.3 is 0 Å². The minimum Gasteiger partial charge on any atom is -0.372 e. The van der Waals surface area contributed by atoms with Gasteiger partial charge in [-0.2, -0.15) is 0 Å². The van der Waals surface area contributed by atoms with Crippen LogP contribution in [0.3, 0.4) is 0 Å². The monoisotopic (exact) mass is 145 g/mol. The molecule has 0 radical (unpaired) electrons. The van der Waals surface area contributed by atoms with Crippen molar-refractivity contribution in [1.82, 2.24) is 0 Å². The third kappa shape index (κ3) is 2.41. The molecule has 2 heteroatoms. The van der Waals surface area contributed by atoms with Gasteiger partial charge in [-0.25, -0.2) is 0 Å². The van der Waals surface area contributed by atoms with Gasteiger partial charge in [0.15, 0.2) is 0 Å². The molecule has 1 fully saturated rings. The molecule has 1 rings (SSSR count). The van der Waals surface area contributed by atoms with E-state index < -0.39 is 0 Å². The largest absolute Gasteiger partial charge is 0.372 e. The summed E-state index contributed by atoms with van der Waals surface area (Å²) in [5, 5.41) is 0. The van der Waals surface area contributed by atoms with E-state index in [0.29, 0.717) is 10.9 Å². The standard InChI is InChI=1S/C7H13OS/c1-2-5-9-6-3-8-4-7-9/h2H,1,3-7H2/q+1. The van der Waals surface area contributed by atoms with Gasteiger partial charge in [-0.1, -0.05) is 6.58 Å². The molecule has 0 spiro atoms. The minimum absolute atomic E-state index is 0.612. The number of hydrogen-bond donors (Lipinski definition) is 0. The third-order valence-electron chi connectivity index (χ3n) is 1.39. The van der Waals surface area contributed by atoms with Gasteiger partial charge < -0.3 is 4.74 Å². The van der Waals surface area contributed by atoms with Crippen LogP contribution < -0.4 is 0 Å². The van der Waals surface area contributed by atoms with Crippen molar-refractivity contribution in [2.24, 2.45) is 0 Å². The van der Waals surface area contributed by atoms with Gasteiger partial charge in [-0.15, -0.1) is 0 Å². The predicted octanol–water partition coefficient (Wildman–Crippen LogP) is 0.821. The van der Waals surface area contributed by atoms with E-state index in [4.69, 9.17) is 4.74 Å². The van der Waals surface area contributed by atoms with Gasteiger partial charge in [0.05, 0.1) is 13.2 Å². The maximum Gasteiger partial charge on any atom is 0.131 e. The molecule has 1 aliphatic rings. The topological polar surface area (TPSA) is 9.23 Å². The average molecular weight is 145 g/mol. The van der Waals surface area contributed by atoms with Crippen molar-refractivity contribution in [2.75, 3.05) is 30.5 Å². The highest BCUT2D eigenvalue weighted by Gasteiger charge is 2.19. The highest BCUT2D eigenvalue weighted by atomic mass is 32.2. The van der Waals surface area contributed by atoms with E-state index >= 15 is 0 Å². The van der Waals surface area contributed by atoms with Crippen LogP contribution in [-0.4, -0.2) is 30.5 Å². The second-order valence-electron chi connectivity index (χ2n) is 2.09. The first-order valence-corrected chi connectivity index (χ1v) is 4.99. The predicted molar refractivity (Wildman–Crippen MR) is 43.0 cm³/mol. The Kier molecular flexibility index (Phi) is 3.15. The van der Waals surface area contributed by atoms with E-state index in [-0.39, 0.29) is 0 Å². The Morgan fingerprint density at radius 1 is 1.44 bits per heavy atom. The summed E-state index contributed by atoms with van der Waals surface area (Å²) in [4.78, 5) is 0. The minimum atomic E-state index is 0.612. The molecular weight excluding hydrogens is 132 g/mol. The smallest absolute Gasteiger partial charge is 0.131 e. The van der Waals surface area contributed by atoms with Crippen LogP contribution in [-0.2, 0) is 15.6 Å². The summed E-state index contributed by atoms with van der Waals surface area (Å²) >= 11 is 0. The molecule has 1 aliphatic heterocycles. The quantitative estimate of drug-likeness (QED) is 0.413. The molecule has 52 valence electrons. The highest BCUT2D eigenvalue weighted by Crippen LogP contribution is 2.02. The van der Waals surface area contributed by atoms with Crippen molar-refractivity contribution >= 4 is 10.9 Å². The second-order valence-corrected chi connectivity index (χ2v) is 4.46. The number of hydrogen-bond acceptors (Lipinski definition) is 1. The molecular formula is C7H13OS+. The van der Waals surface area contributed by atoms with E-state index in [1.165, 1.54) is 17.3 Å². The Morgan fingerprint density at radius 2 is 2.11 bits per heavy atom. The van der Waals surface area contributed by atoms with Gasteiger partial charge in [-0.3, -0.25) is 0 Å². The Hall–Kier alpha value is 0.0500. The molecule has 0 aromatic heterocycles. The van der Waals surface area contributed by atoms with Crippen LogP contribution in [0.5, 0.6) is 0 Å². The molecule has 0 aliphatic carbocycles. The van der Waals surface area contributed by atoms with E-state index in [2.05, 4.69) is 6.58 Å². The maximum atomic E-state index is 5.22. The maximum absolute atomic E-state index is 5.22. The van der Waals surface area contributed by atoms with Crippen molar-refractivity contribution in [3.63, 3.8) is 0 Å². The molecule has 0 saturated carbocycles. The van der Waals surface area contributed by atoms with Gasteiger partial charge in [-0.05, 0) is 17.0 Å². The van der Waals surface area contributed by atoms with E-state index in [1.54, 1.807) is 0 Å². The Bertz CT molecular complexity index is 86.9. The summed E-state index contributed by atoms with van der Waals surface area (Å²) < 4.78 is 5.22. The lowest BCUT2D eigenvalue weighted by Gasteiger charge is -2.12. The molecule has 0 atom stereocenters. The molecule has 0 unspecified atom stereocenters. The van der Waals surface area contributed by atoms with Crippen molar-refractivity contribution in [3.8, 4) is 0 Å². The Morgan fingerprint density at radius 3 is 2.67 bits per heavy atom. The zero-order valence-electron chi connectivity index (χ0n) is 5.64. The van der Waals surface area contributed by atoms with Crippen LogP contribution in [0, 0.1) is 0 Å². The fraction of sp³-hybridized carbons (Fsp3) is 0.714. The fourth-order valence-corrected chi connectivity index (χ4v) is 2.47. The Balaban J connectivity index is 2.15. The summed E-state index contributed by atoms with van der Waals surface area (Å²) in [6.07, 6.45) is 2.02. The lowest BCUT2D eigenvalue weighted by atomic mass is 10.7. The molecule has 0 aromatic rings. The van der Waals surface area contributed by atoms with E-state index in [1.807, 2.05) is 6.08 Å². The lowest BCUT2D eigenvalue weighted by Crippen LogP contribution is -2.27. The molecule has 0 N–H and O–H groups in total. The first-order chi connectivity index (χ1) is 4.43. The average Bonchev–Trinajstić information content (AvgIpc) is 1.91. The zero-order valence-corrected chi connectivity index (χ0v) is 6.45. The molecule has 1 nitrogen and oxygen atoms in total. The summed E-state index contributed by atoms with van der Waals surface area (Å²) in [6, 6.07) is 0. The molecule has 1 heterocycles. The zero-order chi connectivity index (χ0) is 6.53. The second kappa shape index (κ2) is 3.96. The summed E-state index contributed by atoms with van der Waals surface area (Å²) in [5.41, 5.74) is 0. The summed E-state index contributed by atoms with van der Waals surface area (Å²) in [5.74, 6) is 3.71. The Labute approximate surface area is 59.4 Å². The first kappa shape index (κ1) is 7.16. The molecule has 0 amide bonds. The lowest BCUT2D eigenvalue weighted by molar-refractivity contribution is 0.159. The van der Waals surface area contributed by atoms with Gasteiger partial charge in [0.25, 0.3) is 0 Å². The van der Waals surface area contributed by atoms with Crippen LogP contribution >= 0.6 is 0 Å². The van der Waals surface area contributed by atoms with Crippen molar-refractivity contribution in [1.29, 1.82) is 0 Å². The van der Waals surface area contributed by atoms with Crippen LogP contribution in [0.4, 0.5) is 0 Å².